The molecule has 1 aliphatic rings. The predicted octanol–water partition coefficient (Wildman–Crippen LogP) is 5.29. The molecule has 0 amide bonds. The number of nitrogens with one attached hydrogen (secondary N) is 1. The van der Waals surface area contributed by atoms with Crippen LogP contribution in [0.5, 0.6) is 5.75 Å². The van der Waals surface area contributed by atoms with Gasteiger partial charge < -0.3 is 20.1 Å². The van der Waals surface area contributed by atoms with E-state index in [0.29, 0.717) is 48.0 Å². The SMILES string of the molecule is COc1ccc(CNc2nc(N3CCC(C(=O)O)CC3)nc3sc(C(F)(F)F)cc23)cc1Cl. The van der Waals surface area contributed by atoms with Crippen LogP contribution in [0.1, 0.15) is 23.3 Å². The Bertz CT molecular complexity index is 1180. The first-order valence-electron chi connectivity index (χ1n) is 10.1. The van der Waals surface area contributed by atoms with E-state index in [2.05, 4.69) is 15.3 Å². The third-order valence-corrected chi connectivity index (χ3v) is 6.83. The minimum Gasteiger partial charge on any atom is -0.495 e. The van der Waals surface area contributed by atoms with Crippen LogP contribution in [0, 0.1) is 5.92 Å². The maximum Gasteiger partial charge on any atom is 0.425 e. The minimum atomic E-state index is -4.49. The average Bonchev–Trinajstić information content (AvgIpc) is 3.22. The van der Waals surface area contributed by atoms with Crippen molar-refractivity contribution >= 4 is 50.9 Å². The third-order valence-electron chi connectivity index (χ3n) is 5.46. The molecule has 2 aromatic heterocycles. The topological polar surface area (TPSA) is 87.6 Å². The van der Waals surface area contributed by atoms with Crippen molar-refractivity contribution in [2.45, 2.75) is 25.6 Å². The summed E-state index contributed by atoms with van der Waals surface area (Å²) in [4.78, 5) is 21.3. The maximum atomic E-state index is 13.3. The van der Waals surface area contributed by atoms with Crippen molar-refractivity contribution < 1.29 is 27.8 Å². The lowest BCUT2D eigenvalue weighted by molar-refractivity contribution is -0.142. The second kappa shape index (κ2) is 9.22. The number of carbonyl (C=O) groups is 1. The molecule has 33 heavy (non-hydrogen) atoms. The van der Waals surface area contributed by atoms with Crippen LogP contribution in [0.4, 0.5) is 24.9 Å². The maximum absolute atomic E-state index is 13.3. The first-order chi connectivity index (χ1) is 15.7. The van der Waals surface area contributed by atoms with Gasteiger partial charge in [0.15, 0.2) is 0 Å². The summed E-state index contributed by atoms with van der Waals surface area (Å²) in [6.45, 7) is 1.09. The number of anilines is 2. The predicted molar refractivity (Wildman–Crippen MR) is 120 cm³/mol. The summed E-state index contributed by atoms with van der Waals surface area (Å²) in [7, 11) is 1.51. The van der Waals surface area contributed by atoms with Crippen molar-refractivity contribution in [3.05, 3.63) is 39.7 Å². The van der Waals surface area contributed by atoms with E-state index >= 15 is 0 Å². The number of nitrogens with zero attached hydrogens (tertiary/aromatic N) is 3. The standard InChI is InChI=1S/C21H20ClF3N4O3S/c1-32-15-3-2-11(8-14(15)22)10-26-17-13-9-16(21(23,24)25)33-18(13)28-20(27-17)29-6-4-12(5-7-29)19(30)31/h2-3,8-9,12H,4-7,10H2,1H3,(H,30,31)(H,26,27,28). The number of benzene rings is 1. The summed E-state index contributed by atoms with van der Waals surface area (Å²) in [5.74, 6) is -0.226. The van der Waals surface area contributed by atoms with Gasteiger partial charge in [-0.05, 0) is 36.6 Å². The molecule has 0 unspecified atom stereocenters. The number of fused-ring (bicyclic) bond motifs is 1. The molecule has 0 bridgehead atoms. The van der Waals surface area contributed by atoms with Gasteiger partial charge in [0.2, 0.25) is 5.95 Å². The van der Waals surface area contributed by atoms with E-state index in [1.807, 2.05) is 0 Å². The zero-order valence-corrected chi connectivity index (χ0v) is 19.0. The molecule has 0 radical (unpaired) electrons. The molecule has 1 saturated heterocycles. The Labute approximate surface area is 196 Å². The van der Waals surface area contributed by atoms with Gasteiger partial charge in [-0.2, -0.15) is 18.2 Å². The van der Waals surface area contributed by atoms with Crippen molar-refractivity contribution in [1.82, 2.24) is 9.97 Å². The number of methoxy groups -OCH3 is 1. The number of ether oxygens (including phenoxy) is 1. The Kier molecular flexibility index (Phi) is 6.53. The number of carboxylic acids is 1. The molecular weight excluding hydrogens is 481 g/mol. The Hall–Kier alpha value is -2.79. The van der Waals surface area contributed by atoms with Crippen LogP contribution >= 0.6 is 22.9 Å². The molecule has 3 heterocycles. The van der Waals surface area contributed by atoms with Gasteiger partial charge in [-0.15, -0.1) is 11.3 Å². The molecule has 7 nitrogen and oxygen atoms in total. The smallest absolute Gasteiger partial charge is 0.425 e. The van der Waals surface area contributed by atoms with Gasteiger partial charge in [0.05, 0.1) is 23.4 Å². The Morgan fingerprint density at radius 1 is 1.30 bits per heavy atom. The normalized spacial score (nSPS) is 15.1. The molecule has 1 aromatic carbocycles. The number of aliphatic carboxylic acids is 1. The molecule has 0 spiro atoms. The second-order valence-corrected chi connectivity index (χ2v) is 9.06. The summed E-state index contributed by atoms with van der Waals surface area (Å²) in [6.07, 6.45) is -3.66. The zero-order valence-electron chi connectivity index (χ0n) is 17.4. The monoisotopic (exact) mass is 500 g/mol. The number of piperidine rings is 1. The van der Waals surface area contributed by atoms with E-state index in [4.69, 9.17) is 16.3 Å². The molecule has 4 rings (SSSR count). The minimum absolute atomic E-state index is 0.211. The summed E-state index contributed by atoms with van der Waals surface area (Å²) < 4.78 is 45.2. The lowest BCUT2D eigenvalue weighted by Crippen LogP contribution is -2.37. The van der Waals surface area contributed by atoms with Crippen molar-refractivity contribution in [3.63, 3.8) is 0 Å². The second-order valence-electron chi connectivity index (χ2n) is 7.62. The summed E-state index contributed by atoms with van der Waals surface area (Å²) in [5, 5.41) is 13.0. The number of halogens is 4. The number of hydrogen-bond donors (Lipinski definition) is 2. The van der Waals surface area contributed by atoms with Gasteiger partial charge in [-0.25, -0.2) is 4.98 Å². The Balaban J connectivity index is 1.65. The van der Waals surface area contributed by atoms with Crippen molar-refractivity contribution in [3.8, 4) is 5.75 Å². The van der Waals surface area contributed by atoms with Crippen LogP contribution in [0.3, 0.4) is 0 Å². The number of thiophene rings is 1. The van der Waals surface area contributed by atoms with Gasteiger partial charge in [0.25, 0.3) is 0 Å². The van der Waals surface area contributed by atoms with Gasteiger partial charge in [-0.3, -0.25) is 4.79 Å². The van der Waals surface area contributed by atoms with Crippen LogP contribution in [-0.2, 0) is 17.5 Å². The van der Waals surface area contributed by atoms with Gasteiger partial charge >= 0.3 is 12.1 Å². The van der Waals surface area contributed by atoms with Crippen LogP contribution in [-0.4, -0.2) is 41.2 Å². The van der Waals surface area contributed by atoms with Crippen LogP contribution in [0.25, 0.3) is 10.2 Å². The quantitative estimate of drug-likeness (QED) is 0.475. The number of aromatic nitrogens is 2. The molecule has 3 aromatic rings. The van der Waals surface area contributed by atoms with E-state index < -0.39 is 22.9 Å². The largest absolute Gasteiger partial charge is 0.495 e. The summed E-state index contributed by atoms with van der Waals surface area (Å²) in [5.41, 5.74) is 0.794. The van der Waals surface area contributed by atoms with E-state index in [9.17, 15) is 23.1 Å². The molecule has 2 N–H and O–H groups in total. The highest BCUT2D eigenvalue weighted by atomic mass is 35.5. The van der Waals surface area contributed by atoms with Crippen LogP contribution in [0.15, 0.2) is 24.3 Å². The molecule has 12 heteroatoms. The number of hydrogen-bond acceptors (Lipinski definition) is 7. The highest BCUT2D eigenvalue weighted by Gasteiger charge is 2.34. The summed E-state index contributed by atoms with van der Waals surface area (Å²) >= 11 is 6.73. The van der Waals surface area contributed by atoms with Crippen LogP contribution in [0.2, 0.25) is 5.02 Å². The van der Waals surface area contributed by atoms with Crippen molar-refractivity contribution in [2.75, 3.05) is 30.4 Å². The number of rotatable bonds is 6. The molecule has 176 valence electrons. The fourth-order valence-electron chi connectivity index (χ4n) is 3.66. The van der Waals surface area contributed by atoms with Gasteiger partial charge in [0, 0.05) is 19.6 Å². The number of carboxylic acid groups (broad SMARTS) is 1. The molecule has 0 saturated carbocycles. The Morgan fingerprint density at radius 3 is 2.64 bits per heavy atom. The van der Waals surface area contributed by atoms with E-state index in [1.165, 1.54) is 7.11 Å². The van der Waals surface area contributed by atoms with E-state index in [-0.39, 0.29) is 28.5 Å². The van der Waals surface area contributed by atoms with Crippen LogP contribution < -0.4 is 15.0 Å². The molecule has 1 aliphatic heterocycles. The molecule has 1 fully saturated rings. The lowest BCUT2D eigenvalue weighted by atomic mass is 9.97. The van der Waals surface area contributed by atoms with E-state index in [1.54, 1.807) is 23.1 Å². The fourth-order valence-corrected chi connectivity index (χ4v) is 4.83. The summed E-state index contributed by atoms with van der Waals surface area (Å²) in [6, 6.07) is 6.25. The molecule has 0 aliphatic carbocycles. The van der Waals surface area contributed by atoms with Crippen molar-refractivity contribution in [2.24, 2.45) is 5.92 Å². The number of alkyl halides is 3. The Morgan fingerprint density at radius 2 is 2.03 bits per heavy atom. The average molecular weight is 501 g/mol. The molecule has 0 atom stereocenters. The van der Waals surface area contributed by atoms with E-state index in [0.717, 1.165) is 11.6 Å². The molecular formula is C21H20ClF3N4O3S. The zero-order chi connectivity index (χ0) is 23.8. The van der Waals surface area contributed by atoms with Gasteiger partial charge in [0.1, 0.15) is 21.3 Å². The third kappa shape index (κ3) is 5.09. The lowest BCUT2D eigenvalue weighted by Gasteiger charge is -2.30. The van der Waals surface area contributed by atoms with Gasteiger partial charge in [-0.1, -0.05) is 17.7 Å². The highest BCUT2D eigenvalue weighted by molar-refractivity contribution is 7.18. The first kappa shape index (κ1) is 23.4. The first-order valence-corrected chi connectivity index (χ1v) is 11.3. The van der Waals surface area contributed by atoms with Crippen molar-refractivity contribution in [1.29, 1.82) is 0 Å². The fraction of sp³-hybridized carbons (Fsp3) is 0.381. The highest BCUT2D eigenvalue weighted by Crippen LogP contribution is 2.40.